The van der Waals surface area contributed by atoms with Gasteiger partial charge in [0, 0.05) is 18.0 Å². The van der Waals surface area contributed by atoms with E-state index < -0.39 is 0 Å². The summed E-state index contributed by atoms with van der Waals surface area (Å²) in [5.74, 6) is 0.162. The van der Waals surface area contributed by atoms with Crippen molar-refractivity contribution in [3.63, 3.8) is 0 Å². The van der Waals surface area contributed by atoms with Crippen molar-refractivity contribution < 1.29 is 4.79 Å². The van der Waals surface area contributed by atoms with Crippen LogP contribution in [0, 0.1) is 6.92 Å². The Morgan fingerprint density at radius 2 is 2.06 bits per heavy atom. The van der Waals surface area contributed by atoms with Crippen molar-refractivity contribution in [3.8, 4) is 0 Å². The van der Waals surface area contributed by atoms with E-state index in [-0.39, 0.29) is 11.8 Å². The number of Topliss-reactive ketones (excluding diaryl/α,β-unsaturated/α-hetero) is 1. The van der Waals surface area contributed by atoms with Gasteiger partial charge in [0.1, 0.15) is 0 Å². The molecule has 0 N–H and O–H groups in total. The maximum Gasteiger partial charge on any atom is 0.185 e. The highest BCUT2D eigenvalue weighted by molar-refractivity contribution is 5.99. The summed E-state index contributed by atoms with van der Waals surface area (Å²) in [6.45, 7) is 4.11. The molecule has 94 valence electrons. The first-order valence-electron chi connectivity index (χ1n) is 6.30. The average molecular weight is 242 g/mol. The van der Waals surface area contributed by atoms with E-state index in [4.69, 9.17) is 0 Å². The zero-order chi connectivity index (χ0) is 13.0. The number of imidazole rings is 1. The summed E-state index contributed by atoms with van der Waals surface area (Å²) in [5, 5.41) is 0. The highest BCUT2D eigenvalue weighted by atomic mass is 16.1. The van der Waals surface area contributed by atoms with E-state index in [1.54, 1.807) is 12.5 Å². The zero-order valence-electron chi connectivity index (χ0n) is 10.8. The SMILES string of the molecule is CCCC(C(=O)c1ccc(C)cc1)n1ccnc1. The third-order valence-electron chi connectivity index (χ3n) is 3.09. The molecule has 1 aromatic heterocycles. The van der Waals surface area contributed by atoms with Gasteiger partial charge in [-0.1, -0.05) is 43.2 Å². The van der Waals surface area contributed by atoms with Crippen LogP contribution >= 0.6 is 0 Å². The van der Waals surface area contributed by atoms with Gasteiger partial charge in [0.15, 0.2) is 5.78 Å². The Kier molecular flexibility index (Phi) is 3.92. The molecule has 2 rings (SSSR count). The van der Waals surface area contributed by atoms with Gasteiger partial charge in [-0.3, -0.25) is 4.79 Å². The second-order valence-electron chi connectivity index (χ2n) is 4.54. The van der Waals surface area contributed by atoms with E-state index in [1.807, 2.05) is 42.0 Å². The van der Waals surface area contributed by atoms with Gasteiger partial charge in [0.2, 0.25) is 0 Å². The third kappa shape index (κ3) is 2.67. The summed E-state index contributed by atoms with van der Waals surface area (Å²) in [5.41, 5.74) is 1.94. The van der Waals surface area contributed by atoms with Crippen LogP contribution in [0.3, 0.4) is 0 Å². The molecule has 0 aliphatic heterocycles. The van der Waals surface area contributed by atoms with Crippen molar-refractivity contribution in [1.29, 1.82) is 0 Å². The van der Waals surface area contributed by atoms with Crippen molar-refractivity contribution in [2.24, 2.45) is 0 Å². The lowest BCUT2D eigenvalue weighted by Crippen LogP contribution is -2.18. The molecule has 0 aliphatic carbocycles. The number of benzene rings is 1. The minimum Gasteiger partial charge on any atom is -0.327 e. The van der Waals surface area contributed by atoms with Gasteiger partial charge in [-0.25, -0.2) is 4.98 Å². The molecule has 0 aliphatic rings. The Morgan fingerprint density at radius 3 is 2.61 bits per heavy atom. The summed E-state index contributed by atoms with van der Waals surface area (Å²) < 4.78 is 1.89. The minimum absolute atomic E-state index is 0.139. The quantitative estimate of drug-likeness (QED) is 0.753. The van der Waals surface area contributed by atoms with Crippen LogP contribution in [-0.4, -0.2) is 15.3 Å². The van der Waals surface area contributed by atoms with Crippen LogP contribution in [0.1, 0.15) is 41.7 Å². The monoisotopic (exact) mass is 242 g/mol. The summed E-state index contributed by atoms with van der Waals surface area (Å²) >= 11 is 0. The van der Waals surface area contributed by atoms with E-state index in [0.29, 0.717) is 0 Å². The maximum absolute atomic E-state index is 12.5. The van der Waals surface area contributed by atoms with E-state index in [2.05, 4.69) is 11.9 Å². The molecule has 0 saturated carbocycles. The first kappa shape index (κ1) is 12.6. The number of hydrogen-bond donors (Lipinski definition) is 0. The Labute approximate surface area is 107 Å². The number of aryl methyl sites for hydroxylation is 1. The van der Waals surface area contributed by atoms with E-state index in [1.165, 1.54) is 5.56 Å². The normalized spacial score (nSPS) is 12.3. The molecular weight excluding hydrogens is 224 g/mol. The second-order valence-corrected chi connectivity index (χ2v) is 4.54. The van der Waals surface area contributed by atoms with Crippen LogP contribution in [0.5, 0.6) is 0 Å². The molecule has 1 unspecified atom stereocenters. The number of hydrogen-bond acceptors (Lipinski definition) is 2. The van der Waals surface area contributed by atoms with Crippen molar-refractivity contribution in [3.05, 3.63) is 54.1 Å². The van der Waals surface area contributed by atoms with Gasteiger partial charge in [0.25, 0.3) is 0 Å². The standard InChI is InChI=1S/C15H18N2O/c1-3-4-14(17-10-9-16-11-17)15(18)13-7-5-12(2)6-8-13/h5-11,14H,3-4H2,1-2H3. The minimum atomic E-state index is -0.139. The van der Waals surface area contributed by atoms with Gasteiger partial charge in [0.05, 0.1) is 12.4 Å². The largest absolute Gasteiger partial charge is 0.327 e. The van der Waals surface area contributed by atoms with Crippen LogP contribution < -0.4 is 0 Å². The molecule has 18 heavy (non-hydrogen) atoms. The summed E-state index contributed by atoms with van der Waals surface area (Å²) in [6.07, 6.45) is 7.09. The molecule has 0 amide bonds. The molecule has 1 atom stereocenters. The van der Waals surface area contributed by atoms with Crippen LogP contribution in [0.15, 0.2) is 43.0 Å². The topological polar surface area (TPSA) is 34.9 Å². The van der Waals surface area contributed by atoms with Crippen molar-refractivity contribution >= 4 is 5.78 Å². The fraction of sp³-hybridized carbons (Fsp3) is 0.333. The number of aromatic nitrogens is 2. The van der Waals surface area contributed by atoms with E-state index >= 15 is 0 Å². The molecule has 1 heterocycles. The Bertz CT molecular complexity index is 500. The summed E-state index contributed by atoms with van der Waals surface area (Å²) in [6, 6.07) is 7.61. The van der Waals surface area contributed by atoms with Crippen molar-refractivity contribution in [2.75, 3.05) is 0 Å². The molecule has 0 spiro atoms. The van der Waals surface area contributed by atoms with Crippen LogP contribution in [0.25, 0.3) is 0 Å². The van der Waals surface area contributed by atoms with Gasteiger partial charge in [-0.05, 0) is 13.3 Å². The van der Waals surface area contributed by atoms with Gasteiger partial charge in [-0.2, -0.15) is 0 Å². The summed E-state index contributed by atoms with van der Waals surface area (Å²) in [4.78, 5) is 16.5. The number of nitrogens with zero attached hydrogens (tertiary/aromatic N) is 2. The van der Waals surface area contributed by atoms with Gasteiger partial charge in [-0.15, -0.1) is 0 Å². The van der Waals surface area contributed by atoms with Crippen LogP contribution in [-0.2, 0) is 0 Å². The van der Waals surface area contributed by atoms with Gasteiger partial charge < -0.3 is 4.57 Å². The lowest BCUT2D eigenvalue weighted by atomic mass is 9.99. The lowest BCUT2D eigenvalue weighted by molar-refractivity contribution is 0.0918. The van der Waals surface area contributed by atoms with E-state index in [0.717, 1.165) is 18.4 Å². The van der Waals surface area contributed by atoms with E-state index in [9.17, 15) is 4.79 Å². The van der Waals surface area contributed by atoms with Gasteiger partial charge >= 0.3 is 0 Å². The molecule has 1 aromatic carbocycles. The van der Waals surface area contributed by atoms with Crippen LogP contribution in [0.4, 0.5) is 0 Å². The smallest absolute Gasteiger partial charge is 0.185 e. The number of rotatable bonds is 5. The van der Waals surface area contributed by atoms with Crippen LogP contribution in [0.2, 0.25) is 0 Å². The first-order valence-corrected chi connectivity index (χ1v) is 6.30. The molecule has 3 heteroatoms. The highest BCUT2D eigenvalue weighted by Gasteiger charge is 2.20. The number of ketones is 1. The predicted molar refractivity (Wildman–Crippen MR) is 71.7 cm³/mol. The maximum atomic E-state index is 12.5. The Balaban J connectivity index is 2.26. The molecule has 0 radical (unpaired) electrons. The molecular formula is C15H18N2O. The molecule has 3 nitrogen and oxygen atoms in total. The fourth-order valence-electron chi connectivity index (χ4n) is 2.05. The molecule has 0 bridgehead atoms. The average Bonchev–Trinajstić information content (AvgIpc) is 2.90. The third-order valence-corrected chi connectivity index (χ3v) is 3.09. The first-order chi connectivity index (χ1) is 8.72. The summed E-state index contributed by atoms with van der Waals surface area (Å²) in [7, 11) is 0. The highest BCUT2D eigenvalue weighted by Crippen LogP contribution is 2.20. The predicted octanol–water partition coefficient (Wildman–Crippen LogP) is 3.42. The number of carbonyl (C=O) groups excluding carboxylic acids is 1. The lowest BCUT2D eigenvalue weighted by Gasteiger charge is -2.16. The number of carbonyl (C=O) groups is 1. The fourth-order valence-corrected chi connectivity index (χ4v) is 2.05. The second kappa shape index (κ2) is 5.63. The van der Waals surface area contributed by atoms with Crippen molar-refractivity contribution in [2.45, 2.75) is 32.7 Å². The zero-order valence-corrected chi connectivity index (χ0v) is 10.8. The molecule has 0 fully saturated rings. The Hall–Kier alpha value is -1.90. The molecule has 2 aromatic rings. The van der Waals surface area contributed by atoms with Crippen molar-refractivity contribution in [1.82, 2.24) is 9.55 Å². The molecule has 0 saturated heterocycles. The Morgan fingerprint density at radius 1 is 1.33 bits per heavy atom.